The highest BCUT2D eigenvalue weighted by atomic mass is 15.0. The number of para-hydroxylation sites is 2. The maximum absolute atomic E-state index is 5.06. The fraction of sp³-hybridized carbons (Fsp3) is 0.0333. The molecule has 1 aromatic heterocycles. The fourth-order valence-corrected chi connectivity index (χ4v) is 5.24. The van der Waals surface area contributed by atoms with Crippen molar-refractivity contribution in [2.75, 3.05) is 0 Å². The summed E-state index contributed by atoms with van der Waals surface area (Å²) >= 11 is 0. The minimum atomic E-state index is 0.223. The lowest BCUT2D eigenvalue weighted by atomic mass is 9.85. The number of nitrogens with zero attached hydrogens (tertiary/aromatic N) is 2. The van der Waals surface area contributed by atoms with Gasteiger partial charge in [0.25, 0.3) is 0 Å². The van der Waals surface area contributed by atoms with Crippen LogP contribution in [0.1, 0.15) is 11.5 Å². The van der Waals surface area contributed by atoms with Crippen LogP contribution in [0.5, 0.6) is 0 Å². The Morgan fingerprint density at radius 2 is 1.44 bits per heavy atom. The van der Waals surface area contributed by atoms with E-state index in [2.05, 4.69) is 120 Å². The van der Waals surface area contributed by atoms with Gasteiger partial charge in [0.05, 0.1) is 22.1 Å². The smallest absolute Gasteiger partial charge is 0.0734 e. The summed E-state index contributed by atoms with van der Waals surface area (Å²) in [5.74, 6) is 0.223. The van der Waals surface area contributed by atoms with Gasteiger partial charge in [-0.2, -0.15) is 0 Å². The van der Waals surface area contributed by atoms with Crippen LogP contribution in [0.25, 0.3) is 33.1 Å². The number of fused-ring (bicyclic) bond motifs is 5. The number of rotatable bonds is 2. The van der Waals surface area contributed by atoms with E-state index in [1.807, 2.05) is 0 Å². The van der Waals surface area contributed by atoms with E-state index >= 15 is 0 Å². The molecule has 5 aromatic rings. The van der Waals surface area contributed by atoms with Crippen molar-refractivity contribution in [2.24, 2.45) is 4.99 Å². The van der Waals surface area contributed by atoms with Crippen molar-refractivity contribution in [2.45, 2.75) is 5.92 Å². The zero-order valence-corrected chi connectivity index (χ0v) is 17.4. The van der Waals surface area contributed by atoms with Crippen molar-refractivity contribution < 1.29 is 0 Å². The lowest BCUT2D eigenvalue weighted by Crippen LogP contribution is -2.24. The number of hydrogen-bond acceptors (Lipinski definition) is 1. The number of allylic oxidation sites excluding steroid dienone is 4. The Morgan fingerprint density at radius 3 is 2.28 bits per heavy atom. The molecule has 1 aliphatic carbocycles. The van der Waals surface area contributed by atoms with E-state index in [4.69, 9.17) is 4.99 Å². The molecular formula is C30H20N2. The fourth-order valence-electron chi connectivity index (χ4n) is 5.24. The molecular weight excluding hydrogens is 388 g/mol. The molecule has 0 fully saturated rings. The Morgan fingerprint density at radius 1 is 0.688 bits per heavy atom. The first-order valence-corrected chi connectivity index (χ1v) is 11.0. The Hall–Kier alpha value is -4.17. The second kappa shape index (κ2) is 6.66. The molecule has 32 heavy (non-hydrogen) atoms. The summed E-state index contributed by atoms with van der Waals surface area (Å²) < 4.78 is 2.36. The summed E-state index contributed by atoms with van der Waals surface area (Å²) in [6.45, 7) is 0. The molecule has 1 aliphatic heterocycles. The first-order chi connectivity index (χ1) is 15.9. The van der Waals surface area contributed by atoms with Crippen molar-refractivity contribution in [1.82, 2.24) is 4.57 Å². The molecule has 0 saturated heterocycles. The average Bonchev–Trinajstić information content (AvgIpc) is 3.38. The van der Waals surface area contributed by atoms with Gasteiger partial charge in [-0.25, -0.2) is 4.99 Å². The normalized spacial score (nSPS) is 16.7. The summed E-state index contributed by atoms with van der Waals surface area (Å²) in [5.41, 5.74) is 7.29. The van der Waals surface area contributed by atoms with Crippen LogP contribution in [0.3, 0.4) is 0 Å². The van der Waals surface area contributed by atoms with Crippen LogP contribution in [0, 0.1) is 0 Å². The zero-order valence-electron chi connectivity index (χ0n) is 17.4. The van der Waals surface area contributed by atoms with Crippen molar-refractivity contribution >= 4 is 27.4 Å². The molecule has 0 bridgehead atoms. The van der Waals surface area contributed by atoms with Crippen molar-refractivity contribution in [1.29, 1.82) is 0 Å². The Bertz CT molecular complexity index is 1700. The van der Waals surface area contributed by atoms with Crippen LogP contribution < -0.4 is 10.6 Å². The SMILES string of the molecule is C1=CC(c2ccccc2)C2=c3cc4c5ccccc5n(-c5ccccc5)c4cc3=NC2=C1. The van der Waals surface area contributed by atoms with E-state index in [-0.39, 0.29) is 5.92 Å². The molecule has 1 atom stereocenters. The lowest BCUT2D eigenvalue weighted by Gasteiger charge is -2.19. The molecule has 2 aliphatic rings. The standard InChI is InChI=1S/C30H20N2/c1-3-10-20(11-4-1)22-15-9-16-26-30(22)25-18-24-23-14-7-8-17-28(23)32(21-12-5-2-6-13-21)29(24)19-27(25)31-26/h1-19,22H. The maximum atomic E-state index is 5.06. The van der Waals surface area contributed by atoms with Gasteiger partial charge in [0, 0.05) is 27.6 Å². The van der Waals surface area contributed by atoms with Gasteiger partial charge < -0.3 is 4.57 Å². The molecule has 0 radical (unpaired) electrons. The Labute approximate surface area is 185 Å². The quantitative estimate of drug-likeness (QED) is 0.351. The predicted molar refractivity (Wildman–Crippen MR) is 131 cm³/mol. The van der Waals surface area contributed by atoms with Gasteiger partial charge in [-0.1, -0.05) is 78.9 Å². The van der Waals surface area contributed by atoms with Crippen molar-refractivity contribution in [3.8, 4) is 5.69 Å². The van der Waals surface area contributed by atoms with Crippen molar-refractivity contribution in [3.05, 3.63) is 137 Å². The van der Waals surface area contributed by atoms with Crippen LogP contribution >= 0.6 is 0 Å². The number of benzene rings is 4. The first-order valence-electron chi connectivity index (χ1n) is 11.0. The molecule has 150 valence electrons. The molecule has 1 unspecified atom stereocenters. The van der Waals surface area contributed by atoms with Gasteiger partial charge in [-0.05, 0) is 47.5 Å². The summed E-state index contributed by atoms with van der Waals surface area (Å²) in [6, 6.07) is 34.6. The van der Waals surface area contributed by atoms with Gasteiger partial charge in [-0.15, -0.1) is 0 Å². The minimum absolute atomic E-state index is 0.223. The van der Waals surface area contributed by atoms with E-state index in [0.717, 1.165) is 11.1 Å². The van der Waals surface area contributed by atoms with Crippen LogP contribution in [0.2, 0.25) is 0 Å². The van der Waals surface area contributed by atoms with Gasteiger partial charge in [-0.3, -0.25) is 0 Å². The predicted octanol–water partition coefficient (Wildman–Crippen LogP) is 5.81. The zero-order chi connectivity index (χ0) is 21.1. The molecule has 2 heterocycles. The highest BCUT2D eigenvalue weighted by Crippen LogP contribution is 2.37. The van der Waals surface area contributed by atoms with E-state index in [1.165, 1.54) is 43.8 Å². The molecule has 2 heteroatoms. The summed E-state index contributed by atoms with van der Waals surface area (Å²) in [4.78, 5) is 5.06. The first kappa shape index (κ1) is 17.5. The van der Waals surface area contributed by atoms with Crippen LogP contribution in [-0.2, 0) is 0 Å². The molecule has 0 spiro atoms. The van der Waals surface area contributed by atoms with E-state index < -0.39 is 0 Å². The van der Waals surface area contributed by atoms with Crippen LogP contribution in [-0.4, -0.2) is 4.57 Å². The largest absolute Gasteiger partial charge is 0.309 e. The molecule has 0 saturated carbocycles. The van der Waals surface area contributed by atoms with Gasteiger partial charge in [0.2, 0.25) is 0 Å². The third-order valence-electron chi connectivity index (χ3n) is 6.64. The molecule has 4 aromatic carbocycles. The number of aromatic nitrogens is 1. The molecule has 0 N–H and O–H groups in total. The minimum Gasteiger partial charge on any atom is -0.309 e. The second-order valence-corrected chi connectivity index (χ2v) is 8.43. The average molecular weight is 409 g/mol. The monoisotopic (exact) mass is 408 g/mol. The van der Waals surface area contributed by atoms with Gasteiger partial charge in [0.15, 0.2) is 0 Å². The van der Waals surface area contributed by atoms with E-state index in [0.29, 0.717) is 0 Å². The Kier molecular flexibility index (Phi) is 3.65. The maximum Gasteiger partial charge on any atom is 0.0734 e. The van der Waals surface area contributed by atoms with E-state index in [1.54, 1.807) is 0 Å². The Balaban J connectivity index is 1.59. The molecule has 7 rings (SSSR count). The molecule has 2 nitrogen and oxygen atoms in total. The molecule has 0 amide bonds. The lowest BCUT2D eigenvalue weighted by molar-refractivity contribution is 1.07. The third-order valence-corrected chi connectivity index (χ3v) is 6.64. The van der Waals surface area contributed by atoms with Crippen LogP contribution in [0.15, 0.2) is 126 Å². The second-order valence-electron chi connectivity index (χ2n) is 8.43. The number of hydrogen-bond donors (Lipinski definition) is 0. The van der Waals surface area contributed by atoms with Crippen LogP contribution in [0.4, 0.5) is 0 Å². The van der Waals surface area contributed by atoms with E-state index in [9.17, 15) is 0 Å². The summed E-state index contributed by atoms with van der Waals surface area (Å²) in [7, 11) is 0. The third kappa shape index (κ3) is 2.44. The topological polar surface area (TPSA) is 17.3 Å². The van der Waals surface area contributed by atoms with Crippen molar-refractivity contribution in [3.63, 3.8) is 0 Å². The summed E-state index contributed by atoms with van der Waals surface area (Å²) in [5, 5.41) is 4.85. The summed E-state index contributed by atoms with van der Waals surface area (Å²) in [6.07, 6.45) is 6.57. The highest BCUT2D eigenvalue weighted by molar-refractivity contribution is 6.09. The van der Waals surface area contributed by atoms with Gasteiger partial charge >= 0.3 is 0 Å². The highest BCUT2D eigenvalue weighted by Gasteiger charge is 2.25. The van der Waals surface area contributed by atoms with Gasteiger partial charge in [0.1, 0.15) is 0 Å².